The van der Waals surface area contributed by atoms with Crippen LogP contribution in [-0.2, 0) is 11.3 Å². The number of hydrogen-bond donors (Lipinski definition) is 3. The molecule has 1 aromatic heterocycles. The molecule has 1 fully saturated rings. The van der Waals surface area contributed by atoms with Gasteiger partial charge in [0.25, 0.3) is 0 Å². The summed E-state index contributed by atoms with van der Waals surface area (Å²) >= 11 is 0. The normalized spacial score (nSPS) is 18.5. The van der Waals surface area contributed by atoms with Crippen molar-refractivity contribution in [2.75, 3.05) is 7.05 Å². The lowest BCUT2D eigenvalue weighted by Crippen LogP contribution is -2.48. The lowest BCUT2D eigenvalue weighted by Gasteiger charge is -2.30. The Kier molecular flexibility index (Phi) is 3.73. The smallest absolute Gasteiger partial charge is 0.236 e. The number of rotatable bonds is 4. The fourth-order valence-corrected chi connectivity index (χ4v) is 2.70. The molecule has 0 spiro atoms. The van der Waals surface area contributed by atoms with Gasteiger partial charge in [-0.05, 0) is 12.8 Å². The van der Waals surface area contributed by atoms with Crippen LogP contribution in [0.25, 0.3) is 0 Å². The highest BCUT2D eigenvalue weighted by Crippen LogP contribution is 2.40. The van der Waals surface area contributed by atoms with Crippen molar-refractivity contribution in [2.45, 2.75) is 32.2 Å². The van der Waals surface area contributed by atoms with E-state index in [0.29, 0.717) is 25.2 Å². The Morgan fingerprint density at radius 3 is 2.84 bits per heavy atom. The molecule has 1 heterocycles. The number of imidazole rings is 1. The Morgan fingerprint density at radius 1 is 1.63 bits per heavy atom. The van der Waals surface area contributed by atoms with Gasteiger partial charge in [0.2, 0.25) is 5.91 Å². The van der Waals surface area contributed by atoms with Crippen molar-refractivity contribution in [3.05, 3.63) is 18.2 Å². The first kappa shape index (κ1) is 13.4. The van der Waals surface area contributed by atoms with Crippen molar-refractivity contribution in [2.24, 2.45) is 16.3 Å². The molecule has 7 nitrogen and oxygen atoms in total. The van der Waals surface area contributed by atoms with Crippen LogP contribution in [0.1, 0.15) is 31.5 Å². The number of carbonyl (C=O) groups excluding carboxylic acids is 1. The number of aromatic amines is 1. The summed E-state index contributed by atoms with van der Waals surface area (Å²) in [6.45, 7) is 0.381. The van der Waals surface area contributed by atoms with Gasteiger partial charge in [-0.3, -0.25) is 4.79 Å². The minimum absolute atomic E-state index is 0.0151. The van der Waals surface area contributed by atoms with E-state index in [4.69, 9.17) is 10.9 Å². The van der Waals surface area contributed by atoms with E-state index in [0.717, 1.165) is 12.8 Å². The van der Waals surface area contributed by atoms with E-state index in [1.165, 1.54) is 0 Å². The number of nitrogens with zero attached hydrogens (tertiary/aromatic N) is 3. The Hall–Kier alpha value is -2.05. The van der Waals surface area contributed by atoms with Crippen molar-refractivity contribution in [1.29, 1.82) is 0 Å². The molecule has 1 aliphatic rings. The van der Waals surface area contributed by atoms with Gasteiger partial charge in [-0.25, -0.2) is 4.98 Å². The van der Waals surface area contributed by atoms with Crippen LogP contribution < -0.4 is 5.73 Å². The minimum Gasteiger partial charge on any atom is -0.409 e. The molecular weight excluding hydrogens is 246 g/mol. The van der Waals surface area contributed by atoms with Crippen LogP contribution >= 0.6 is 0 Å². The summed E-state index contributed by atoms with van der Waals surface area (Å²) in [7, 11) is 1.70. The largest absolute Gasteiger partial charge is 0.409 e. The predicted molar refractivity (Wildman–Crippen MR) is 69.4 cm³/mol. The summed E-state index contributed by atoms with van der Waals surface area (Å²) in [5.74, 6) is 0.613. The van der Waals surface area contributed by atoms with E-state index in [2.05, 4.69) is 15.1 Å². The first-order chi connectivity index (χ1) is 9.10. The third-order valence-electron chi connectivity index (χ3n) is 3.75. The Bertz CT molecular complexity index is 462. The van der Waals surface area contributed by atoms with Crippen molar-refractivity contribution in [3.63, 3.8) is 0 Å². The molecule has 1 aliphatic carbocycles. The van der Waals surface area contributed by atoms with Gasteiger partial charge < -0.3 is 20.8 Å². The number of nitrogens with one attached hydrogen (secondary N) is 1. The Morgan fingerprint density at radius 2 is 2.32 bits per heavy atom. The van der Waals surface area contributed by atoms with Gasteiger partial charge in [-0.2, -0.15) is 0 Å². The second-order valence-electron chi connectivity index (χ2n) is 4.97. The summed E-state index contributed by atoms with van der Waals surface area (Å²) in [6, 6.07) is 0. The molecule has 19 heavy (non-hydrogen) atoms. The molecule has 0 saturated heterocycles. The molecule has 0 aliphatic heterocycles. The zero-order valence-electron chi connectivity index (χ0n) is 11.0. The topological polar surface area (TPSA) is 108 Å². The molecule has 4 N–H and O–H groups in total. The molecule has 1 aromatic rings. The highest BCUT2D eigenvalue weighted by atomic mass is 16.4. The zero-order valence-corrected chi connectivity index (χ0v) is 11.0. The number of oxime groups is 1. The van der Waals surface area contributed by atoms with Crippen LogP contribution in [0.15, 0.2) is 17.5 Å². The van der Waals surface area contributed by atoms with E-state index in [9.17, 15) is 4.79 Å². The number of H-pyrrole nitrogens is 1. The van der Waals surface area contributed by atoms with Crippen molar-refractivity contribution in [1.82, 2.24) is 14.9 Å². The standard InChI is InChI=1S/C12H19N5O2/c1-17(8-9-14-6-7-15-9)11(18)12(10(13)16-19)4-2-3-5-12/h6-7,19H,2-5,8H2,1H3,(H2,13,16)(H,14,15). The average molecular weight is 265 g/mol. The molecule has 7 heteroatoms. The van der Waals surface area contributed by atoms with Gasteiger partial charge >= 0.3 is 0 Å². The number of amides is 1. The zero-order chi connectivity index (χ0) is 13.9. The molecule has 0 bridgehead atoms. The van der Waals surface area contributed by atoms with Crippen LogP contribution in [0, 0.1) is 5.41 Å². The van der Waals surface area contributed by atoms with Gasteiger partial charge in [0.05, 0.1) is 6.54 Å². The molecule has 0 aromatic carbocycles. The summed E-state index contributed by atoms with van der Waals surface area (Å²) in [5, 5.41) is 12.0. The number of nitrogens with two attached hydrogens (primary N) is 1. The lowest BCUT2D eigenvalue weighted by molar-refractivity contribution is -0.137. The quantitative estimate of drug-likeness (QED) is 0.322. The fourth-order valence-electron chi connectivity index (χ4n) is 2.70. The molecule has 1 amide bonds. The minimum atomic E-state index is -0.851. The van der Waals surface area contributed by atoms with Gasteiger partial charge in [0.1, 0.15) is 11.2 Å². The summed E-state index contributed by atoms with van der Waals surface area (Å²) in [6.07, 6.45) is 6.44. The van der Waals surface area contributed by atoms with Gasteiger partial charge in [-0.1, -0.05) is 18.0 Å². The Balaban J connectivity index is 2.16. The maximum atomic E-state index is 12.6. The highest BCUT2D eigenvalue weighted by Gasteiger charge is 2.46. The molecule has 1 saturated carbocycles. The maximum Gasteiger partial charge on any atom is 0.236 e. The van der Waals surface area contributed by atoms with Crippen molar-refractivity contribution in [3.8, 4) is 0 Å². The fraction of sp³-hybridized carbons (Fsp3) is 0.583. The van der Waals surface area contributed by atoms with Gasteiger partial charge in [0, 0.05) is 19.4 Å². The molecular formula is C12H19N5O2. The molecule has 0 unspecified atom stereocenters. The predicted octanol–water partition coefficient (Wildman–Crippen LogP) is 0.675. The number of hydrogen-bond acceptors (Lipinski definition) is 4. The molecule has 0 radical (unpaired) electrons. The number of amidine groups is 1. The number of carbonyl (C=O) groups is 1. The van der Waals surface area contributed by atoms with E-state index in [-0.39, 0.29) is 11.7 Å². The van der Waals surface area contributed by atoms with Gasteiger partial charge in [0.15, 0.2) is 5.84 Å². The summed E-state index contributed by atoms with van der Waals surface area (Å²) < 4.78 is 0. The van der Waals surface area contributed by atoms with E-state index >= 15 is 0 Å². The SMILES string of the molecule is CN(Cc1ncc[nH]1)C(=O)C1(C(N)=NO)CCCC1. The van der Waals surface area contributed by atoms with Crippen molar-refractivity contribution >= 4 is 11.7 Å². The Labute approximate surface area is 111 Å². The molecule has 104 valence electrons. The van der Waals surface area contributed by atoms with Gasteiger partial charge in [-0.15, -0.1) is 0 Å². The first-order valence-corrected chi connectivity index (χ1v) is 6.32. The lowest BCUT2D eigenvalue weighted by atomic mass is 9.83. The third kappa shape index (κ3) is 2.40. The van der Waals surface area contributed by atoms with Crippen LogP contribution in [0.3, 0.4) is 0 Å². The second-order valence-corrected chi connectivity index (χ2v) is 4.97. The molecule has 0 atom stereocenters. The maximum absolute atomic E-state index is 12.6. The van der Waals surface area contributed by atoms with Crippen LogP contribution in [0.2, 0.25) is 0 Å². The average Bonchev–Trinajstić information content (AvgIpc) is 3.08. The highest BCUT2D eigenvalue weighted by molar-refractivity contribution is 6.06. The summed E-state index contributed by atoms with van der Waals surface area (Å²) in [4.78, 5) is 21.2. The van der Waals surface area contributed by atoms with E-state index < -0.39 is 5.41 Å². The second kappa shape index (κ2) is 5.29. The van der Waals surface area contributed by atoms with Crippen LogP contribution in [0.5, 0.6) is 0 Å². The molecule has 2 rings (SSSR count). The summed E-state index contributed by atoms with van der Waals surface area (Å²) in [5.41, 5.74) is 4.90. The van der Waals surface area contributed by atoms with Crippen LogP contribution in [-0.4, -0.2) is 38.9 Å². The van der Waals surface area contributed by atoms with Crippen LogP contribution in [0.4, 0.5) is 0 Å². The van der Waals surface area contributed by atoms with E-state index in [1.807, 2.05) is 0 Å². The first-order valence-electron chi connectivity index (χ1n) is 6.32. The number of aromatic nitrogens is 2. The van der Waals surface area contributed by atoms with Crippen molar-refractivity contribution < 1.29 is 10.0 Å². The van der Waals surface area contributed by atoms with E-state index in [1.54, 1.807) is 24.3 Å². The third-order valence-corrected chi connectivity index (χ3v) is 3.75. The monoisotopic (exact) mass is 265 g/mol.